The van der Waals surface area contributed by atoms with Crippen molar-refractivity contribution < 1.29 is 4.79 Å². The summed E-state index contributed by atoms with van der Waals surface area (Å²) < 4.78 is 0. The SMILES string of the molecule is NCC(C(=O)Nc1cncnc1)c1ccccc1. The maximum atomic E-state index is 12.1. The first-order valence-electron chi connectivity index (χ1n) is 5.62. The highest BCUT2D eigenvalue weighted by Crippen LogP contribution is 2.16. The molecule has 0 radical (unpaired) electrons. The van der Waals surface area contributed by atoms with E-state index < -0.39 is 0 Å². The summed E-state index contributed by atoms with van der Waals surface area (Å²) in [4.78, 5) is 19.8. The lowest BCUT2D eigenvalue weighted by Gasteiger charge is -2.14. The fraction of sp³-hybridized carbons (Fsp3) is 0.154. The fourth-order valence-electron chi connectivity index (χ4n) is 1.67. The Morgan fingerprint density at radius 1 is 1.22 bits per heavy atom. The number of hydrogen-bond acceptors (Lipinski definition) is 4. The molecule has 5 heteroatoms. The number of amides is 1. The molecule has 1 atom stereocenters. The van der Waals surface area contributed by atoms with Crippen molar-refractivity contribution in [2.45, 2.75) is 5.92 Å². The second-order valence-corrected chi connectivity index (χ2v) is 3.82. The quantitative estimate of drug-likeness (QED) is 0.843. The molecule has 2 rings (SSSR count). The first-order valence-corrected chi connectivity index (χ1v) is 5.62. The number of anilines is 1. The molecule has 1 aromatic heterocycles. The molecule has 1 unspecified atom stereocenters. The van der Waals surface area contributed by atoms with Crippen LogP contribution in [0.2, 0.25) is 0 Å². The van der Waals surface area contributed by atoms with Gasteiger partial charge in [-0.3, -0.25) is 4.79 Å². The molecular weight excluding hydrogens is 228 g/mol. The predicted octanol–water partition coefficient (Wildman–Crippen LogP) is 1.16. The summed E-state index contributed by atoms with van der Waals surface area (Å²) in [7, 11) is 0. The summed E-state index contributed by atoms with van der Waals surface area (Å²) in [5, 5.41) is 2.75. The summed E-state index contributed by atoms with van der Waals surface area (Å²) >= 11 is 0. The average Bonchev–Trinajstić information content (AvgIpc) is 2.42. The molecule has 0 bridgehead atoms. The zero-order valence-corrected chi connectivity index (χ0v) is 9.78. The number of aromatic nitrogens is 2. The fourth-order valence-corrected chi connectivity index (χ4v) is 1.67. The van der Waals surface area contributed by atoms with Crippen LogP contribution in [-0.2, 0) is 4.79 Å². The molecule has 0 fully saturated rings. The molecule has 2 aromatic rings. The van der Waals surface area contributed by atoms with E-state index >= 15 is 0 Å². The first-order chi connectivity index (χ1) is 8.81. The molecular formula is C13H14N4O. The number of nitrogens with zero attached hydrogens (tertiary/aromatic N) is 2. The van der Waals surface area contributed by atoms with Gasteiger partial charge < -0.3 is 11.1 Å². The molecule has 92 valence electrons. The van der Waals surface area contributed by atoms with Gasteiger partial charge in [-0.2, -0.15) is 0 Å². The lowest BCUT2D eigenvalue weighted by Crippen LogP contribution is -2.27. The first kappa shape index (κ1) is 12.2. The lowest BCUT2D eigenvalue weighted by molar-refractivity contribution is -0.117. The minimum atomic E-state index is -0.369. The highest BCUT2D eigenvalue weighted by Gasteiger charge is 2.18. The summed E-state index contributed by atoms with van der Waals surface area (Å²) in [5.74, 6) is -0.523. The molecule has 5 nitrogen and oxygen atoms in total. The van der Waals surface area contributed by atoms with Gasteiger partial charge in [0.15, 0.2) is 0 Å². The van der Waals surface area contributed by atoms with Crippen LogP contribution in [0, 0.1) is 0 Å². The summed E-state index contributed by atoms with van der Waals surface area (Å²) in [5.41, 5.74) is 7.13. The summed E-state index contributed by atoms with van der Waals surface area (Å²) in [6.07, 6.45) is 4.50. The van der Waals surface area contributed by atoms with Crippen molar-refractivity contribution >= 4 is 11.6 Å². The Morgan fingerprint density at radius 2 is 1.89 bits per heavy atom. The van der Waals surface area contributed by atoms with E-state index in [9.17, 15) is 4.79 Å². The maximum absolute atomic E-state index is 12.1. The van der Waals surface area contributed by atoms with E-state index in [1.54, 1.807) is 12.4 Å². The van der Waals surface area contributed by atoms with Crippen molar-refractivity contribution in [3.63, 3.8) is 0 Å². The van der Waals surface area contributed by atoms with Crippen molar-refractivity contribution in [2.24, 2.45) is 5.73 Å². The summed E-state index contributed by atoms with van der Waals surface area (Å²) in [6, 6.07) is 9.45. The van der Waals surface area contributed by atoms with E-state index in [1.807, 2.05) is 30.3 Å². The van der Waals surface area contributed by atoms with Gasteiger partial charge in [0.1, 0.15) is 6.33 Å². The van der Waals surface area contributed by atoms with Gasteiger partial charge >= 0.3 is 0 Å². The third-order valence-electron chi connectivity index (χ3n) is 2.58. The van der Waals surface area contributed by atoms with Crippen LogP contribution in [0.5, 0.6) is 0 Å². The number of hydrogen-bond donors (Lipinski definition) is 2. The predicted molar refractivity (Wildman–Crippen MR) is 68.9 cm³/mol. The number of nitrogens with one attached hydrogen (secondary N) is 1. The van der Waals surface area contributed by atoms with Crippen LogP contribution in [0.1, 0.15) is 11.5 Å². The zero-order chi connectivity index (χ0) is 12.8. The van der Waals surface area contributed by atoms with Gasteiger partial charge in [0.05, 0.1) is 24.0 Å². The van der Waals surface area contributed by atoms with Gasteiger partial charge in [-0.15, -0.1) is 0 Å². The topological polar surface area (TPSA) is 80.9 Å². The van der Waals surface area contributed by atoms with E-state index in [0.29, 0.717) is 5.69 Å². The molecule has 0 aliphatic rings. The van der Waals surface area contributed by atoms with Crippen molar-refractivity contribution in [2.75, 3.05) is 11.9 Å². The van der Waals surface area contributed by atoms with Gasteiger partial charge in [-0.05, 0) is 5.56 Å². The molecule has 0 saturated heterocycles. The van der Waals surface area contributed by atoms with Gasteiger partial charge in [0, 0.05) is 6.54 Å². The minimum Gasteiger partial charge on any atom is -0.329 e. The molecule has 1 aromatic carbocycles. The Bertz CT molecular complexity index is 501. The van der Waals surface area contributed by atoms with Crippen LogP contribution < -0.4 is 11.1 Å². The Hall–Kier alpha value is -2.27. The number of carbonyl (C=O) groups is 1. The highest BCUT2D eigenvalue weighted by molar-refractivity contribution is 5.95. The Morgan fingerprint density at radius 3 is 2.50 bits per heavy atom. The summed E-state index contributed by atoms with van der Waals surface area (Å²) in [6.45, 7) is 0.254. The van der Waals surface area contributed by atoms with Crippen LogP contribution in [-0.4, -0.2) is 22.4 Å². The largest absolute Gasteiger partial charge is 0.329 e. The Labute approximate surface area is 105 Å². The van der Waals surface area contributed by atoms with Gasteiger partial charge in [0.25, 0.3) is 0 Å². The minimum absolute atomic E-state index is 0.154. The second-order valence-electron chi connectivity index (χ2n) is 3.82. The second kappa shape index (κ2) is 5.88. The molecule has 0 aliphatic heterocycles. The molecule has 0 aliphatic carbocycles. The van der Waals surface area contributed by atoms with Crippen LogP contribution in [0.25, 0.3) is 0 Å². The normalized spacial score (nSPS) is 11.8. The third-order valence-corrected chi connectivity index (χ3v) is 2.58. The van der Waals surface area contributed by atoms with E-state index in [-0.39, 0.29) is 18.4 Å². The van der Waals surface area contributed by atoms with E-state index in [1.165, 1.54) is 6.33 Å². The van der Waals surface area contributed by atoms with E-state index in [4.69, 9.17) is 5.73 Å². The van der Waals surface area contributed by atoms with Gasteiger partial charge in [-0.1, -0.05) is 30.3 Å². The zero-order valence-electron chi connectivity index (χ0n) is 9.78. The highest BCUT2D eigenvalue weighted by atomic mass is 16.1. The standard InChI is InChI=1S/C13H14N4O/c14-6-12(10-4-2-1-3-5-10)13(18)17-11-7-15-9-16-8-11/h1-5,7-9,12H,6,14H2,(H,17,18). The maximum Gasteiger partial charge on any atom is 0.233 e. The van der Waals surface area contributed by atoms with Crippen molar-refractivity contribution in [3.8, 4) is 0 Å². The Kier molecular flexibility index (Phi) is 3.98. The molecule has 18 heavy (non-hydrogen) atoms. The number of carbonyl (C=O) groups excluding carboxylic acids is 1. The molecule has 0 spiro atoms. The van der Waals surface area contributed by atoms with Crippen molar-refractivity contribution in [3.05, 3.63) is 54.6 Å². The Balaban J connectivity index is 2.12. The molecule has 1 amide bonds. The van der Waals surface area contributed by atoms with E-state index in [0.717, 1.165) is 5.56 Å². The van der Waals surface area contributed by atoms with Crippen molar-refractivity contribution in [1.82, 2.24) is 9.97 Å². The molecule has 1 heterocycles. The number of nitrogens with two attached hydrogens (primary N) is 1. The lowest BCUT2D eigenvalue weighted by atomic mass is 9.98. The monoisotopic (exact) mass is 242 g/mol. The van der Waals surface area contributed by atoms with Crippen LogP contribution in [0.4, 0.5) is 5.69 Å². The number of rotatable bonds is 4. The smallest absolute Gasteiger partial charge is 0.233 e. The van der Waals surface area contributed by atoms with Crippen molar-refractivity contribution in [1.29, 1.82) is 0 Å². The molecule has 3 N–H and O–H groups in total. The van der Waals surface area contributed by atoms with Crippen LogP contribution in [0.3, 0.4) is 0 Å². The van der Waals surface area contributed by atoms with E-state index in [2.05, 4.69) is 15.3 Å². The van der Waals surface area contributed by atoms with Gasteiger partial charge in [0.2, 0.25) is 5.91 Å². The molecule has 0 saturated carbocycles. The van der Waals surface area contributed by atoms with Gasteiger partial charge in [-0.25, -0.2) is 9.97 Å². The third kappa shape index (κ3) is 2.89. The number of benzene rings is 1. The van der Waals surface area contributed by atoms with Crippen LogP contribution >= 0.6 is 0 Å². The van der Waals surface area contributed by atoms with Crippen LogP contribution in [0.15, 0.2) is 49.1 Å². The average molecular weight is 242 g/mol.